The van der Waals surface area contributed by atoms with Crippen LogP contribution >= 0.6 is 27.5 Å². The Hall–Kier alpha value is -0.100. The van der Waals surface area contributed by atoms with Crippen molar-refractivity contribution >= 4 is 37.6 Å². The number of halogens is 2. The molecule has 0 radical (unpaired) electrons. The molecule has 1 aromatic carbocycles. The van der Waals surface area contributed by atoms with E-state index >= 15 is 0 Å². The number of hydrogen-bond acceptors (Lipinski definition) is 2. The van der Waals surface area contributed by atoms with E-state index in [1.165, 1.54) is 0 Å². The first kappa shape index (κ1) is 14.0. The molecule has 1 unspecified atom stereocenters. The fourth-order valence-electron chi connectivity index (χ4n) is 1.08. The first-order valence-electron chi connectivity index (χ1n) is 4.85. The average molecular weight is 327 g/mol. The Bertz CT molecular complexity index is 450. The molecule has 1 aromatic rings. The van der Waals surface area contributed by atoms with Crippen LogP contribution in [0.4, 0.5) is 0 Å². The van der Waals surface area contributed by atoms with E-state index in [-0.39, 0.29) is 16.8 Å². The maximum atomic E-state index is 11.9. The highest BCUT2D eigenvalue weighted by atomic mass is 79.9. The van der Waals surface area contributed by atoms with Gasteiger partial charge in [0.25, 0.3) is 0 Å². The van der Waals surface area contributed by atoms with Gasteiger partial charge in [-0.1, -0.05) is 19.1 Å². The normalized spacial score (nSPS) is 13.7. The summed E-state index contributed by atoms with van der Waals surface area (Å²) in [5.41, 5.74) is 0. The molecule has 0 amide bonds. The fraction of sp³-hybridized carbons (Fsp3) is 0.400. The summed E-state index contributed by atoms with van der Waals surface area (Å²) in [5.74, 6) is 0. The number of benzene rings is 1. The summed E-state index contributed by atoms with van der Waals surface area (Å²) in [6, 6.07) is 6.67. The smallest absolute Gasteiger partial charge is 0.210 e. The van der Waals surface area contributed by atoms with Crippen LogP contribution in [0.25, 0.3) is 0 Å². The molecule has 90 valence electrons. The molecule has 0 fully saturated rings. The Kier molecular flexibility index (Phi) is 5.24. The molecule has 1 rings (SSSR count). The van der Waals surface area contributed by atoms with Crippen molar-refractivity contribution in [1.29, 1.82) is 0 Å². The topological polar surface area (TPSA) is 46.2 Å². The third-order valence-electron chi connectivity index (χ3n) is 2.06. The van der Waals surface area contributed by atoms with Crippen LogP contribution in [0.5, 0.6) is 0 Å². The first-order valence-corrected chi connectivity index (χ1v) is 7.57. The van der Waals surface area contributed by atoms with Crippen LogP contribution in [-0.2, 0) is 10.0 Å². The molecular formula is C10H13BrClNO2S. The lowest BCUT2D eigenvalue weighted by atomic mass is 10.3. The molecule has 3 nitrogen and oxygen atoms in total. The predicted octanol–water partition coefficient (Wildman–Crippen LogP) is 2.74. The van der Waals surface area contributed by atoms with Gasteiger partial charge in [-0.25, -0.2) is 13.1 Å². The Balaban J connectivity index is 2.83. The number of rotatable bonds is 5. The summed E-state index contributed by atoms with van der Waals surface area (Å²) in [7, 11) is -3.48. The lowest BCUT2D eigenvalue weighted by molar-refractivity contribution is 0.578. The molecule has 0 bridgehead atoms. The number of hydrogen-bond donors (Lipinski definition) is 1. The molecular weight excluding hydrogens is 314 g/mol. The molecule has 1 atom stereocenters. The highest BCUT2D eigenvalue weighted by Crippen LogP contribution is 2.20. The summed E-state index contributed by atoms with van der Waals surface area (Å²) in [6.45, 7) is 2.14. The molecule has 0 saturated heterocycles. The standard InChI is InChI=1S/C10H13BrClNO2S/c1-2-8(12)7-13-16(14,15)10-6-4-3-5-9(10)11/h3-6,8,13H,2,7H2,1H3. The van der Waals surface area contributed by atoms with Gasteiger partial charge in [0, 0.05) is 16.4 Å². The molecule has 0 saturated carbocycles. The van der Waals surface area contributed by atoms with Gasteiger partial charge in [0.15, 0.2) is 0 Å². The minimum atomic E-state index is -3.48. The summed E-state index contributed by atoms with van der Waals surface area (Å²) in [6.07, 6.45) is 0.722. The first-order chi connectivity index (χ1) is 7.47. The van der Waals surface area contributed by atoms with Gasteiger partial charge in [-0.2, -0.15) is 0 Å². The average Bonchev–Trinajstić information content (AvgIpc) is 2.26. The SMILES string of the molecule is CCC(Cl)CNS(=O)(=O)c1ccccc1Br. The van der Waals surface area contributed by atoms with Gasteiger partial charge in [-0.05, 0) is 34.5 Å². The van der Waals surface area contributed by atoms with Crippen molar-refractivity contribution in [3.63, 3.8) is 0 Å². The lowest BCUT2D eigenvalue weighted by Crippen LogP contribution is -2.29. The van der Waals surface area contributed by atoms with Crippen molar-refractivity contribution in [3.8, 4) is 0 Å². The zero-order valence-electron chi connectivity index (χ0n) is 8.78. The molecule has 16 heavy (non-hydrogen) atoms. The third-order valence-corrected chi connectivity index (χ3v) is 4.96. The minimum Gasteiger partial charge on any atom is -0.210 e. The fourth-order valence-corrected chi connectivity index (χ4v) is 3.34. The largest absolute Gasteiger partial charge is 0.241 e. The number of nitrogens with one attached hydrogen (secondary N) is 1. The minimum absolute atomic E-state index is 0.183. The van der Waals surface area contributed by atoms with Crippen LogP contribution < -0.4 is 4.72 Å². The number of alkyl halides is 1. The van der Waals surface area contributed by atoms with Crippen LogP contribution in [0.2, 0.25) is 0 Å². The highest BCUT2D eigenvalue weighted by molar-refractivity contribution is 9.10. The van der Waals surface area contributed by atoms with E-state index in [0.717, 1.165) is 6.42 Å². The van der Waals surface area contributed by atoms with Crippen LogP contribution in [0.3, 0.4) is 0 Å². The highest BCUT2D eigenvalue weighted by Gasteiger charge is 2.17. The van der Waals surface area contributed by atoms with Gasteiger partial charge in [0.2, 0.25) is 10.0 Å². The Morgan fingerprint density at radius 3 is 2.62 bits per heavy atom. The second-order valence-electron chi connectivity index (χ2n) is 3.29. The summed E-state index contributed by atoms with van der Waals surface area (Å²) in [4.78, 5) is 0.231. The van der Waals surface area contributed by atoms with Crippen molar-refractivity contribution in [3.05, 3.63) is 28.7 Å². The molecule has 0 aliphatic rings. The van der Waals surface area contributed by atoms with Crippen molar-refractivity contribution in [2.75, 3.05) is 6.54 Å². The molecule has 6 heteroatoms. The molecule has 0 aromatic heterocycles. The summed E-state index contributed by atoms with van der Waals surface area (Å²) < 4.78 is 26.8. The number of sulfonamides is 1. The lowest BCUT2D eigenvalue weighted by Gasteiger charge is -2.10. The van der Waals surface area contributed by atoms with E-state index in [4.69, 9.17) is 11.6 Å². The molecule has 0 spiro atoms. The van der Waals surface area contributed by atoms with Gasteiger partial charge >= 0.3 is 0 Å². The molecule has 0 aliphatic heterocycles. The van der Waals surface area contributed by atoms with Crippen LogP contribution in [0.1, 0.15) is 13.3 Å². The maximum Gasteiger partial charge on any atom is 0.241 e. The van der Waals surface area contributed by atoms with Gasteiger partial charge in [-0.3, -0.25) is 0 Å². The zero-order chi connectivity index (χ0) is 12.2. The van der Waals surface area contributed by atoms with Crippen LogP contribution in [-0.4, -0.2) is 20.3 Å². The van der Waals surface area contributed by atoms with Crippen molar-refractivity contribution in [2.24, 2.45) is 0 Å². The maximum absolute atomic E-state index is 11.9. The second kappa shape index (κ2) is 6.00. The van der Waals surface area contributed by atoms with E-state index in [9.17, 15) is 8.42 Å². The van der Waals surface area contributed by atoms with Crippen molar-refractivity contribution in [2.45, 2.75) is 23.6 Å². The molecule has 0 heterocycles. The Labute approximate surface area is 109 Å². The molecule has 0 aliphatic carbocycles. The van der Waals surface area contributed by atoms with E-state index in [1.807, 2.05) is 6.92 Å². The summed E-state index contributed by atoms with van der Waals surface area (Å²) in [5, 5.41) is -0.183. The van der Waals surface area contributed by atoms with Crippen molar-refractivity contribution in [1.82, 2.24) is 4.72 Å². The van der Waals surface area contributed by atoms with Gasteiger partial charge < -0.3 is 0 Å². The zero-order valence-corrected chi connectivity index (χ0v) is 11.9. The van der Waals surface area contributed by atoms with Crippen LogP contribution in [0.15, 0.2) is 33.6 Å². The van der Waals surface area contributed by atoms with E-state index in [1.54, 1.807) is 24.3 Å². The summed E-state index contributed by atoms with van der Waals surface area (Å²) >= 11 is 9.06. The van der Waals surface area contributed by atoms with Crippen molar-refractivity contribution < 1.29 is 8.42 Å². The van der Waals surface area contributed by atoms with Gasteiger partial charge in [-0.15, -0.1) is 11.6 Å². The van der Waals surface area contributed by atoms with E-state index in [2.05, 4.69) is 20.7 Å². The third kappa shape index (κ3) is 3.73. The second-order valence-corrected chi connectivity index (χ2v) is 6.49. The van der Waals surface area contributed by atoms with E-state index in [0.29, 0.717) is 4.47 Å². The van der Waals surface area contributed by atoms with Crippen LogP contribution in [0, 0.1) is 0 Å². The van der Waals surface area contributed by atoms with Gasteiger partial charge in [0.05, 0.1) is 4.90 Å². The van der Waals surface area contributed by atoms with E-state index < -0.39 is 10.0 Å². The Morgan fingerprint density at radius 2 is 2.06 bits per heavy atom. The Morgan fingerprint density at radius 1 is 1.44 bits per heavy atom. The monoisotopic (exact) mass is 325 g/mol. The van der Waals surface area contributed by atoms with Gasteiger partial charge in [0.1, 0.15) is 0 Å². The molecule has 1 N–H and O–H groups in total. The predicted molar refractivity (Wildman–Crippen MR) is 69.3 cm³/mol. The quantitative estimate of drug-likeness (QED) is 0.846.